The smallest absolute Gasteiger partial charge is 0.223 e. The van der Waals surface area contributed by atoms with Crippen molar-refractivity contribution < 1.29 is 9.53 Å². The summed E-state index contributed by atoms with van der Waals surface area (Å²) >= 11 is 1.72. The normalized spacial score (nSPS) is 14.3. The summed E-state index contributed by atoms with van der Waals surface area (Å²) in [4.78, 5) is 26.6. The Kier molecular flexibility index (Phi) is 6.95. The topological polar surface area (TPSA) is 67.4 Å². The van der Waals surface area contributed by atoms with Crippen LogP contribution in [0.25, 0.3) is 10.2 Å². The fourth-order valence-corrected chi connectivity index (χ4v) is 5.57. The van der Waals surface area contributed by atoms with Crippen molar-refractivity contribution in [3.8, 4) is 5.75 Å². The van der Waals surface area contributed by atoms with E-state index in [0.29, 0.717) is 13.2 Å². The molecule has 1 aliphatic heterocycles. The SMILES string of the molecule is Cc1sc2ncnc(N3CCC(C(=O)NCc4cccc(OCc5ccccc5)c4)CC3)c2c1C. The molecule has 2 aromatic carbocycles. The first-order chi connectivity index (χ1) is 17.1. The zero-order valence-corrected chi connectivity index (χ0v) is 21.0. The molecule has 0 radical (unpaired) electrons. The van der Waals surface area contributed by atoms with Crippen LogP contribution in [0.4, 0.5) is 5.82 Å². The molecule has 0 atom stereocenters. The molecule has 1 aliphatic rings. The number of fused-ring (bicyclic) bond motifs is 1. The molecule has 0 bridgehead atoms. The molecule has 5 rings (SSSR count). The number of hydrogen-bond donors (Lipinski definition) is 1. The molecular weight excluding hydrogens is 456 g/mol. The van der Waals surface area contributed by atoms with E-state index in [2.05, 4.69) is 34.0 Å². The van der Waals surface area contributed by atoms with Crippen LogP contribution in [-0.2, 0) is 17.9 Å². The maximum absolute atomic E-state index is 12.9. The van der Waals surface area contributed by atoms with Gasteiger partial charge in [-0.05, 0) is 55.5 Å². The molecule has 4 aromatic rings. The molecule has 180 valence electrons. The van der Waals surface area contributed by atoms with E-state index in [1.807, 2.05) is 54.6 Å². The quantitative estimate of drug-likeness (QED) is 0.378. The number of carbonyl (C=O) groups excluding carboxylic acids is 1. The summed E-state index contributed by atoms with van der Waals surface area (Å²) in [5, 5.41) is 4.29. The lowest BCUT2D eigenvalue weighted by Crippen LogP contribution is -2.40. The van der Waals surface area contributed by atoms with Gasteiger partial charge >= 0.3 is 0 Å². The summed E-state index contributed by atoms with van der Waals surface area (Å²) in [5.74, 6) is 1.95. The lowest BCUT2D eigenvalue weighted by molar-refractivity contribution is -0.125. The third-order valence-corrected chi connectivity index (χ3v) is 7.84. The third-order valence-electron chi connectivity index (χ3n) is 6.72. The predicted octanol–water partition coefficient (Wildman–Crippen LogP) is 5.42. The van der Waals surface area contributed by atoms with Gasteiger partial charge in [0.05, 0.1) is 5.39 Å². The second-order valence-electron chi connectivity index (χ2n) is 9.06. The number of carbonyl (C=O) groups is 1. The van der Waals surface area contributed by atoms with Crippen molar-refractivity contribution in [2.45, 2.75) is 39.8 Å². The largest absolute Gasteiger partial charge is 0.489 e. The van der Waals surface area contributed by atoms with E-state index >= 15 is 0 Å². The fourth-order valence-electron chi connectivity index (χ4n) is 4.58. The minimum Gasteiger partial charge on any atom is -0.489 e. The molecule has 35 heavy (non-hydrogen) atoms. The van der Waals surface area contributed by atoms with Crippen LogP contribution < -0.4 is 15.0 Å². The van der Waals surface area contributed by atoms with E-state index < -0.39 is 0 Å². The van der Waals surface area contributed by atoms with Crippen molar-refractivity contribution in [2.24, 2.45) is 5.92 Å². The first-order valence-corrected chi connectivity index (χ1v) is 12.9. The number of nitrogens with zero attached hydrogens (tertiary/aromatic N) is 3. The minimum absolute atomic E-state index is 0.0198. The molecule has 1 amide bonds. The van der Waals surface area contributed by atoms with Crippen LogP contribution in [0.1, 0.15) is 34.4 Å². The number of aromatic nitrogens is 2. The molecule has 6 nitrogen and oxygen atoms in total. The van der Waals surface area contributed by atoms with Gasteiger partial charge in [-0.1, -0.05) is 42.5 Å². The number of piperidine rings is 1. The summed E-state index contributed by atoms with van der Waals surface area (Å²) in [5.41, 5.74) is 3.42. The van der Waals surface area contributed by atoms with Gasteiger partial charge in [-0.25, -0.2) is 9.97 Å². The highest BCUT2D eigenvalue weighted by Gasteiger charge is 2.27. The van der Waals surface area contributed by atoms with Gasteiger partial charge in [-0.15, -0.1) is 11.3 Å². The number of ether oxygens (including phenoxy) is 1. The Morgan fingerprint density at radius 1 is 1.06 bits per heavy atom. The summed E-state index contributed by atoms with van der Waals surface area (Å²) in [7, 11) is 0. The van der Waals surface area contributed by atoms with Gasteiger partial charge in [0, 0.05) is 30.4 Å². The number of thiophene rings is 1. The first kappa shape index (κ1) is 23.3. The lowest BCUT2D eigenvalue weighted by atomic mass is 9.95. The van der Waals surface area contributed by atoms with Crippen LogP contribution in [0.3, 0.4) is 0 Å². The highest BCUT2D eigenvalue weighted by atomic mass is 32.1. The summed E-state index contributed by atoms with van der Waals surface area (Å²) in [6.45, 7) is 6.94. The van der Waals surface area contributed by atoms with E-state index in [9.17, 15) is 4.79 Å². The maximum Gasteiger partial charge on any atom is 0.223 e. The van der Waals surface area contributed by atoms with E-state index in [1.165, 1.54) is 10.4 Å². The third kappa shape index (κ3) is 5.30. The molecule has 0 spiro atoms. The number of rotatable bonds is 7. The highest BCUT2D eigenvalue weighted by Crippen LogP contribution is 2.35. The van der Waals surface area contributed by atoms with E-state index in [-0.39, 0.29) is 11.8 Å². The molecule has 3 heterocycles. The van der Waals surface area contributed by atoms with Gasteiger partial charge in [0.1, 0.15) is 29.3 Å². The number of amides is 1. The number of anilines is 1. The molecule has 0 aliphatic carbocycles. The van der Waals surface area contributed by atoms with Gasteiger partial charge in [0.15, 0.2) is 0 Å². The molecule has 0 saturated carbocycles. The Bertz CT molecular complexity index is 1310. The van der Waals surface area contributed by atoms with Crippen LogP contribution >= 0.6 is 11.3 Å². The van der Waals surface area contributed by atoms with Gasteiger partial charge in [-0.2, -0.15) is 0 Å². The van der Waals surface area contributed by atoms with Crippen LogP contribution in [0.5, 0.6) is 5.75 Å². The van der Waals surface area contributed by atoms with Crippen LogP contribution in [0.15, 0.2) is 60.9 Å². The molecule has 0 unspecified atom stereocenters. The molecule has 7 heteroatoms. The fraction of sp³-hybridized carbons (Fsp3) is 0.321. The lowest BCUT2D eigenvalue weighted by Gasteiger charge is -2.32. The zero-order valence-electron chi connectivity index (χ0n) is 20.2. The number of nitrogens with one attached hydrogen (secondary N) is 1. The number of hydrogen-bond acceptors (Lipinski definition) is 6. The second kappa shape index (κ2) is 10.4. The minimum atomic E-state index is 0.0198. The summed E-state index contributed by atoms with van der Waals surface area (Å²) < 4.78 is 5.92. The van der Waals surface area contributed by atoms with Crippen molar-refractivity contribution in [2.75, 3.05) is 18.0 Å². The van der Waals surface area contributed by atoms with Crippen molar-refractivity contribution >= 4 is 33.3 Å². The van der Waals surface area contributed by atoms with Crippen molar-refractivity contribution in [3.63, 3.8) is 0 Å². The van der Waals surface area contributed by atoms with Crippen molar-refractivity contribution in [3.05, 3.63) is 82.5 Å². The summed E-state index contributed by atoms with van der Waals surface area (Å²) in [6, 6.07) is 18.0. The van der Waals surface area contributed by atoms with Crippen LogP contribution in [0.2, 0.25) is 0 Å². The van der Waals surface area contributed by atoms with Gasteiger partial charge < -0.3 is 15.0 Å². The van der Waals surface area contributed by atoms with Gasteiger partial charge in [0.25, 0.3) is 0 Å². The average molecular weight is 487 g/mol. The van der Waals surface area contributed by atoms with Crippen LogP contribution in [-0.4, -0.2) is 29.0 Å². The Balaban J connectivity index is 1.14. The standard InChI is InChI=1S/C28H30N4O2S/c1-19-20(2)35-28-25(19)26(30-18-31-28)32-13-11-23(12-14-32)27(33)29-16-22-9-6-10-24(15-22)34-17-21-7-4-3-5-8-21/h3-10,15,18,23H,11-14,16-17H2,1-2H3,(H,29,33). The molecule has 1 fully saturated rings. The van der Waals surface area contributed by atoms with Crippen molar-refractivity contribution in [1.29, 1.82) is 0 Å². The van der Waals surface area contributed by atoms with E-state index in [0.717, 1.165) is 58.8 Å². The van der Waals surface area contributed by atoms with Gasteiger partial charge in [0.2, 0.25) is 5.91 Å². The zero-order chi connectivity index (χ0) is 24.2. The Labute approximate surface area is 210 Å². The highest BCUT2D eigenvalue weighted by molar-refractivity contribution is 7.18. The van der Waals surface area contributed by atoms with Crippen LogP contribution in [0, 0.1) is 19.8 Å². The molecular formula is C28H30N4O2S. The van der Waals surface area contributed by atoms with Gasteiger partial charge in [-0.3, -0.25) is 4.79 Å². The van der Waals surface area contributed by atoms with E-state index in [4.69, 9.17) is 4.74 Å². The maximum atomic E-state index is 12.9. The Hall–Kier alpha value is -3.45. The Morgan fingerprint density at radius 3 is 2.63 bits per heavy atom. The molecule has 1 saturated heterocycles. The Morgan fingerprint density at radius 2 is 1.83 bits per heavy atom. The second-order valence-corrected chi connectivity index (χ2v) is 10.3. The molecule has 1 N–H and O–H groups in total. The summed E-state index contributed by atoms with van der Waals surface area (Å²) in [6.07, 6.45) is 3.29. The first-order valence-electron chi connectivity index (χ1n) is 12.1. The van der Waals surface area contributed by atoms with E-state index in [1.54, 1.807) is 17.7 Å². The van der Waals surface area contributed by atoms with Crippen molar-refractivity contribution in [1.82, 2.24) is 15.3 Å². The number of aryl methyl sites for hydroxylation is 2. The number of benzene rings is 2. The average Bonchev–Trinajstić information content (AvgIpc) is 3.20. The molecule has 2 aromatic heterocycles. The monoisotopic (exact) mass is 486 g/mol. The predicted molar refractivity (Wildman–Crippen MR) is 141 cm³/mol.